The first kappa shape index (κ1) is 17.3. The van der Waals surface area contributed by atoms with Gasteiger partial charge in [0.05, 0.1) is 25.7 Å². The van der Waals surface area contributed by atoms with Gasteiger partial charge in [0.2, 0.25) is 5.91 Å². The Balaban J connectivity index is 1.54. The average Bonchev–Trinajstić information content (AvgIpc) is 3.13. The van der Waals surface area contributed by atoms with Crippen LogP contribution in [0.4, 0.5) is 5.69 Å². The van der Waals surface area contributed by atoms with Crippen LogP contribution in [0.2, 0.25) is 0 Å². The Morgan fingerprint density at radius 1 is 1.04 bits per heavy atom. The lowest BCUT2D eigenvalue weighted by molar-refractivity contribution is -0.291. The minimum atomic E-state index is -0.700. The molecule has 1 saturated heterocycles. The molecule has 0 aromatic heterocycles. The van der Waals surface area contributed by atoms with Crippen molar-refractivity contribution < 1.29 is 19.0 Å². The second kappa shape index (κ2) is 6.56. The van der Waals surface area contributed by atoms with Crippen LogP contribution < -0.4 is 10.1 Å². The van der Waals surface area contributed by atoms with E-state index >= 15 is 0 Å². The van der Waals surface area contributed by atoms with E-state index in [1.54, 1.807) is 7.11 Å². The van der Waals surface area contributed by atoms with Gasteiger partial charge in [-0.25, -0.2) is 0 Å². The predicted molar refractivity (Wildman–Crippen MR) is 100 cm³/mol. The first-order valence-electron chi connectivity index (χ1n) is 9.20. The first-order chi connectivity index (χ1) is 12.6. The molecular weight excluding hydrogens is 330 g/mol. The number of benzene rings is 2. The minimum absolute atomic E-state index is 0.0827. The molecule has 0 bridgehead atoms. The van der Waals surface area contributed by atoms with E-state index in [1.807, 2.05) is 43.3 Å². The van der Waals surface area contributed by atoms with Crippen molar-refractivity contribution in [1.82, 2.24) is 0 Å². The van der Waals surface area contributed by atoms with Crippen LogP contribution in [-0.2, 0) is 14.3 Å². The maximum absolute atomic E-state index is 13.0. The number of hydrogen-bond donors (Lipinski definition) is 1. The zero-order chi connectivity index (χ0) is 18.2. The highest BCUT2D eigenvalue weighted by Gasteiger charge is 2.47. The molecule has 2 aromatic carbocycles. The highest BCUT2D eigenvalue weighted by molar-refractivity contribution is 6.05. The molecule has 1 N–H and O–H groups in total. The van der Waals surface area contributed by atoms with Crippen molar-refractivity contribution in [3.05, 3.63) is 36.4 Å². The Labute approximate surface area is 153 Å². The van der Waals surface area contributed by atoms with Gasteiger partial charge in [0.25, 0.3) is 0 Å². The number of ether oxygens (including phenoxy) is 3. The lowest BCUT2D eigenvalue weighted by atomic mass is 9.89. The monoisotopic (exact) mass is 355 g/mol. The second-order valence-electron chi connectivity index (χ2n) is 7.57. The lowest BCUT2D eigenvalue weighted by Crippen LogP contribution is -2.52. The fourth-order valence-corrected chi connectivity index (χ4v) is 3.83. The van der Waals surface area contributed by atoms with Gasteiger partial charge in [-0.2, -0.15) is 0 Å². The van der Waals surface area contributed by atoms with Gasteiger partial charge in [0.1, 0.15) is 5.75 Å². The number of hydrogen-bond acceptors (Lipinski definition) is 4. The number of carbonyl (C=O) groups excluding carboxylic acids is 1. The van der Waals surface area contributed by atoms with Gasteiger partial charge in [0.15, 0.2) is 5.79 Å². The molecule has 0 unspecified atom stereocenters. The largest absolute Gasteiger partial charge is 0.496 e. The van der Waals surface area contributed by atoms with Crippen molar-refractivity contribution in [3.8, 4) is 5.75 Å². The Morgan fingerprint density at radius 2 is 1.69 bits per heavy atom. The molecule has 1 aliphatic carbocycles. The first-order valence-corrected chi connectivity index (χ1v) is 9.20. The molecule has 0 radical (unpaired) electrons. The summed E-state index contributed by atoms with van der Waals surface area (Å²) in [6.45, 7) is 2.66. The van der Waals surface area contributed by atoms with Gasteiger partial charge >= 0.3 is 0 Å². The standard InChI is InChI=1S/C21H25NO4/c1-20(13-25-21(26-14-20)11-5-6-12-21)19(23)22-17-9-10-18(24-2)16-8-4-3-7-15(16)17/h3-4,7-10H,5-6,11-14H2,1-2H3,(H,22,23). The highest BCUT2D eigenvalue weighted by atomic mass is 16.7. The van der Waals surface area contributed by atoms with Crippen molar-refractivity contribution >= 4 is 22.4 Å². The van der Waals surface area contributed by atoms with Crippen molar-refractivity contribution in [2.75, 3.05) is 25.6 Å². The van der Waals surface area contributed by atoms with Crippen LogP contribution in [-0.4, -0.2) is 32.0 Å². The van der Waals surface area contributed by atoms with Gasteiger partial charge in [-0.05, 0) is 31.9 Å². The molecule has 1 spiro atoms. The number of fused-ring (bicyclic) bond motifs is 1. The highest BCUT2D eigenvalue weighted by Crippen LogP contribution is 2.41. The number of rotatable bonds is 3. The van der Waals surface area contributed by atoms with E-state index in [9.17, 15) is 4.79 Å². The molecule has 0 atom stereocenters. The zero-order valence-electron chi connectivity index (χ0n) is 15.3. The number of anilines is 1. The van der Waals surface area contributed by atoms with Crippen molar-refractivity contribution in [1.29, 1.82) is 0 Å². The maximum Gasteiger partial charge on any atom is 0.235 e. The molecule has 1 aliphatic heterocycles. The summed E-state index contributed by atoms with van der Waals surface area (Å²) in [5.41, 5.74) is 0.0725. The van der Waals surface area contributed by atoms with E-state index in [0.717, 1.165) is 47.9 Å². The third-order valence-corrected chi connectivity index (χ3v) is 5.57. The SMILES string of the molecule is COc1ccc(NC(=O)C2(C)COC3(CCCC3)OC2)c2ccccc12. The summed E-state index contributed by atoms with van der Waals surface area (Å²) in [5.74, 6) is 0.255. The number of amides is 1. The van der Waals surface area contributed by atoms with Gasteiger partial charge in [-0.3, -0.25) is 4.79 Å². The van der Waals surface area contributed by atoms with E-state index in [2.05, 4.69) is 5.32 Å². The Morgan fingerprint density at radius 3 is 2.35 bits per heavy atom. The van der Waals surface area contributed by atoms with Crippen LogP contribution in [0.1, 0.15) is 32.6 Å². The van der Waals surface area contributed by atoms with E-state index in [0.29, 0.717) is 13.2 Å². The topological polar surface area (TPSA) is 56.8 Å². The molecule has 2 fully saturated rings. The van der Waals surface area contributed by atoms with E-state index in [1.165, 1.54) is 0 Å². The minimum Gasteiger partial charge on any atom is -0.496 e. The van der Waals surface area contributed by atoms with Crippen molar-refractivity contribution in [2.24, 2.45) is 5.41 Å². The summed E-state index contributed by atoms with van der Waals surface area (Å²) in [7, 11) is 1.65. The predicted octanol–water partition coefficient (Wildman–Crippen LogP) is 4.11. The molecule has 4 rings (SSSR count). The zero-order valence-corrected chi connectivity index (χ0v) is 15.3. The fourth-order valence-electron chi connectivity index (χ4n) is 3.83. The Kier molecular flexibility index (Phi) is 4.37. The second-order valence-corrected chi connectivity index (χ2v) is 7.57. The smallest absolute Gasteiger partial charge is 0.235 e. The molecule has 5 nitrogen and oxygen atoms in total. The van der Waals surface area contributed by atoms with Crippen LogP contribution >= 0.6 is 0 Å². The van der Waals surface area contributed by atoms with Gasteiger partial charge in [-0.15, -0.1) is 0 Å². The van der Waals surface area contributed by atoms with Crippen LogP contribution in [0.5, 0.6) is 5.75 Å². The summed E-state index contributed by atoms with van der Waals surface area (Å²) in [4.78, 5) is 13.0. The molecule has 1 saturated carbocycles. The summed E-state index contributed by atoms with van der Waals surface area (Å²) in [6, 6.07) is 11.6. The van der Waals surface area contributed by atoms with Crippen LogP contribution in [0, 0.1) is 5.41 Å². The summed E-state index contributed by atoms with van der Waals surface area (Å²) < 4.78 is 17.5. The molecule has 26 heavy (non-hydrogen) atoms. The number of carbonyl (C=O) groups is 1. The summed E-state index contributed by atoms with van der Waals surface area (Å²) in [5, 5.41) is 4.99. The third-order valence-electron chi connectivity index (χ3n) is 5.57. The van der Waals surface area contributed by atoms with Crippen molar-refractivity contribution in [3.63, 3.8) is 0 Å². The normalized spacial score (nSPS) is 21.0. The quantitative estimate of drug-likeness (QED) is 0.900. The van der Waals surface area contributed by atoms with Gasteiger partial charge < -0.3 is 19.5 Å². The van der Waals surface area contributed by atoms with Crippen LogP contribution in [0.15, 0.2) is 36.4 Å². The number of methoxy groups -OCH3 is 1. The molecule has 1 amide bonds. The van der Waals surface area contributed by atoms with Gasteiger partial charge in [-0.1, -0.05) is 24.3 Å². The molecular formula is C21H25NO4. The number of nitrogens with one attached hydrogen (secondary N) is 1. The van der Waals surface area contributed by atoms with Crippen LogP contribution in [0.25, 0.3) is 10.8 Å². The Hall–Kier alpha value is -2.11. The van der Waals surface area contributed by atoms with E-state index in [4.69, 9.17) is 14.2 Å². The van der Waals surface area contributed by atoms with E-state index < -0.39 is 11.2 Å². The molecule has 2 aromatic rings. The molecule has 138 valence electrons. The fraction of sp³-hybridized carbons (Fsp3) is 0.476. The molecule has 2 aliphatic rings. The lowest BCUT2D eigenvalue weighted by Gasteiger charge is -2.42. The molecule has 5 heteroatoms. The maximum atomic E-state index is 13.0. The average molecular weight is 355 g/mol. The van der Waals surface area contributed by atoms with Gasteiger partial charge in [0, 0.05) is 29.3 Å². The summed E-state index contributed by atoms with van der Waals surface area (Å²) in [6.07, 6.45) is 4.10. The molecule has 1 heterocycles. The van der Waals surface area contributed by atoms with Crippen molar-refractivity contribution in [2.45, 2.75) is 38.4 Å². The van der Waals surface area contributed by atoms with E-state index in [-0.39, 0.29) is 5.91 Å². The third kappa shape index (κ3) is 2.95. The van der Waals surface area contributed by atoms with Crippen LogP contribution in [0.3, 0.4) is 0 Å². The Bertz CT molecular complexity index is 816. The summed E-state index contributed by atoms with van der Waals surface area (Å²) >= 11 is 0.